The highest BCUT2D eigenvalue weighted by Crippen LogP contribution is 2.39. The Morgan fingerprint density at radius 3 is 2.47 bits per heavy atom. The molecule has 0 atom stereocenters. The van der Waals surface area contributed by atoms with Crippen molar-refractivity contribution in [1.82, 2.24) is 10.2 Å². The van der Waals surface area contributed by atoms with Crippen molar-refractivity contribution >= 4 is 0 Å². The molecular formula is C13H26N2. The molecule has 88 valence electrons. The maximum atomic E-state index is 3.69. The molecular weight excluding hydrogens is 184 g/mol. The van der Waals surface area contributed by atoms with Crippen molar-refractivity contribution in [3.05, 3.63) is 0 Å². The van der Waals surface area contributed by atoms with E-state index in [0.29, 0.717) is 5.41 Å². The molecule has 2 heteroatoms. The average molecular weight is 210 g/mol. The summed E-state index contributed by atoms with van der Waals surface area (Å²) in [6.07, 6.45) is 7.10. The van der Waals surface area contributed by atoms with E-state index in [1.54, 1.807) is 0 Å². The van der Waals surface area contributed by atoms with E-state index in [0.717, 1.165) is 5.92 Å². The molecule has 2 nitrogen and oxygen atoms in total. The second-order valence-electron chi connectivity index (χ2n) is 6.04. The summed E-state index contributed by atoms with van der Waals surface area (Å²) in [5, 5.41) is 3.69. The van der Waals surface area contributed by atoms with Crippen LogP contribution in [0.5, 0.6) is 0 Å². The molecule has 0 bridgehead atoms. The van der Waals surface area contributed by atoms with Crippen LogP contribution in [0.3, 0.4) is 0 Å². The minimum atomic E-state index is 0.644. The molecule has 1 saturated heterocycles. The van der Waals surface area contributed by atoms with Gasteiger partial charge in [-0.25, -0.2) is 0 Å². The quantitative estimate of drug-likeness (QED) is 0.764. The minimum Gasteiger partial charge on any atom is -0.316 e. The van der Waals surface area contributed by atoms with Crippen molar-refractivity contribution in [2.45, 2.75) is 39.0 Å². The molecule has 1 N–H and O–H groups in total. The van der Waals surface area contributed by atoms with Crippen LogP contribution in [0.15, 0.2) is 0 Å². The van der Waals surface area contributed by atoms with Gasteiger partial charge in [0.05, 0.1) is 0 Å². The highest BCUT2D eigenvalue weighted by Gasteiger charge is 2.31. The molecule has 15 heavy (non-hydrogen) atoms. The van der Waals surface area contributed by atoms with E-state index in [4.69, 9.17) is 0 Å². The number of nitrogens with one attached hydrogen (secondary N) is 1. The van der Waals surface area contributed by atoms with E-state index >= 15 is 0 Å². The summed E-state index contributed by atoms with van der Waals surface area (Å²) in [5.41, 5.74) is 0.644. The molecule has 0 radical (unpaired) electrons. The highest BCUT2D eigenvalue weighted by molar-refractivity contribution is 4.85. The second kappa shape index (κ2) is 4.84. The monoisotopic (exact) mass is 210 g/mol. The summed E-state index contributed by atoms with van der Waals surface area (Å²) >= 11 is 0. The molecule has 0 aromatic heterocycles. The van der Waals surface area contributed by atoms with Gasteiger partial charge >= 0.3 is 0 Å². The van der Waals surface area contributed by atoms with Crippen LogP contribution in [0.2, 0.25) is 0 Å². The van der Waals surface area contributed by atoms with E-state index in [9.17, 15) is 0 Å². The van der Waals surface area contributed by atoms with Gasteiger partial charge in [-0.05, 0) is 63.7 Å². The number of likely N-dealkylation sites (tertiary alicyclic amines) is 1. The van der Waals surface area contributed by atoms with E-state index in [2.05, 4.69) is 24.2 Å². The van der Waals surface area contributed by atoms with Crippen molar-refractivity contribution in [2.75, 3.05) is 33.2 Å². The van der Waals surface area contributed by atoms with Crippen molar-refractivity contribution in [3.63, 3.8) is 0 Å². The van der Waals surface area contributed by atoms with Crippen molar-refractivity contribution < 1.29 is 0 Å². The minimum absolute atomic E-state index is 0.644. The van der Waals surface area contributed by atoms with Crippen LogP contribution in [-0.2, 0) is 0 Å². The first-order valence-electron chi connectivity index (χ1n) is 6.57. The second-order valence-corrected chi connectivity index (χ2v) is 6.04. The standard InChI is InChI=1S/C13H26N2/c1-13(6-3-7-13)11-14-10-12-4-8-15(2)9-5-12/h12,14H,3-11H2,1-2H3. The van der Waals surface area contributed by atoms with Gasteiger partial charge in [0.2, 0.25) is 0 Å². The fraction of sp³-hybridized carbons (Fsp3) is 1.00. The maximum absolute atomic E-state index is 3.69. The number of rotatable bonds is 4. The Labute approximate surface area is 94.4 Å². The molecule has 2 fully saturated rings. The summed E-state index contributed by atoms with van der Waals surface area (Å²) in [7, 11) is 2.24. The van der Waals surface area contributed by atoms with Gasteiger partial charge in [0.15, 0.2) is 0 Å². The normalized spacial score (nSPS) is 27.6. The molecule has 0 spiro atoms. The zero-order valence-electron chi connectivity index (χ0n) is 10.4. The molecule has 1 aliphatic carbocycles. The first kappa shape index (κ1) is 11.4. The van der Waals surface area contributed by atoms with Crippen LogP contribution in [0.1, 0.15) is 39.0 Å². The highest BCUT2D eigenvalue weighted by atomic mass is 15.1. The van der Waals surface area contributed by atoms with E-state index < -0.39 is 0 Å². The van der Waals surface area contributed by atoms with Gasteiger partial charge in [0.1, 0.15) is 0 Å². The van der Waals surface area contributed by atoms with E-state index in [1.165, 1.54) is 58.3 Å². The molecule has 0 unspecified atom stereocenters. The van der Waals surface area contributed by atoms with Crippen LogP contribution in [0.4, 0.5) is 0 Å². The Morgan fingerprint density at radius 1 is 1.27 bits per heavy atom. The van der Waals surface area contributed by atoms with Gasteiger partial charge in [-0.2, -0.15) is 0 Å². The Kier molecular flexibility index (Phi) is 3.68. The molecule has 0 aromatic carbocycles. The summed E-state index contributed by atoms with van der Waals surface area (Å²) in [6.45, 7) is 7.52. The van der Waals surface area contributed by atoms with Crippen molar-refractivity contribution in [1.29, 1.82) is 0 Å². The van der Waals surface area contributed by atoms with E-state index in [-0.39, 0.29) is 0 Å². The topological polar surface area (TPSA) is 15.3 Å². The summed E-state index contributed by atoms with van der Waals surface area (Å²) in [6, 6.07) is 0. The lowest BCUT2D eigenvalue weighted by Gasteiger charge is -2.39. The Hall–Kier alpha value is -0.0800. The lowest BCUT2D eigenvalue weighted by Crippen LogP contribution is -2.41. The molecule has 1 saturated carbocycles. The van der Waals surface area contributed by atoms with Crippen molar-refractivity contribution in [3.8, 4) is 0 Å². The SMILES string of the molecule is CN1CCC(CNCC2(C)CCC2)CC1. The number of nitrogens with zero attached hydrogens (tertiary/aromatic N) is 1. The fourth-order valence-electron chi connectivity index (χ4n) is 2.80. The van der Waals surface area contributed by atoms with Gasteiger partial charge in [-0.3, -0.25) is 0 Å². The molecule has 2 aliphatic rings. The van der Waals surface area contributed by atoms with Gasteiger partial charge in [0.25, 0.3) is 0 Å². The largest absolute Gasteiger partial charge is 0.316 e. The predicted molar refractivity (Wildman–Crippen MR) is 65.0 cm³/mol. The molecule has 2 rings (SSSR count). The Balaban J connectivity index is 1.57. The molecule has 0 aromatic rings. The zero-order valence-corrected chi connectivity index (χ0v) is 10.4. The average Bonchev–Trinajstić information content (AvgIpc) is 2.19. The first-order chi connectivity index (χ1) is 7.18. The summed E-state index contributed by atoms with van der Waals surface area (Å²) < 4.78 is 0. The van der Waals surface area contributed by atoms with Crippen LogP contribution in [0.25, 0.3) is 0 Å². The number of piperidine rings is 1. The van der Waals surface area contributed by atoms with E-state index in [1.807, 2.05) is 0 Å². The smallest absolute Gasteiger partial charge is 0.000528 e. The third kappa shape index (κ3) is 3.18. The van der Waals surface area contributed by atoms with Crippen LogP contribution >= 0.6 is 0 Å². The molecule has 0 amide bonds. The fourth-order valence-corrected chi connectivity index (χ4v) is 2.80. The van der Waals surface area contributed by atoms with Gasteiger partial charge in [0, 0.05) is 6.54 Å². The predicted octanol–water partition coefficient (Wildman–Crippen LogP) is 2.11. The summed E-state index contributed by atoms with van der Waals surface area (Å²) in [4.78, 5) is 2.45. The number of hydrogen-bond acceptors (Lipinski definition) is 2. The van der Waals surface area contributed by atoms with Crippen LogP contribution < -0.4 is 5.32 Å². The van der Waals surface area contributed by atoms with Gasteiger partial charge in [-0.1, -0.05) is 13.3 Å². The lowest BCUT2D eigenvalue weighted by atomic mass is 9.70. The van der Waals surface area contributed by atoms with Gasteiger partial charge in [-0.15, -0.1) is 0 Å². The van der Waals surface area contributed by atoms with Crippen LogP contribution in [-0.4, -0.2) is 38.1 Å². The third-order valence-electron chi connectivity index (χ3n) is 4.38. The third-order valence-corrected chi connectivity index (χ3v) is 4.38. The first-order valence-corrected chi connectivity index (χ1v) is 6.57. The van der Waals surface area contributed by atoms with Gasteiger partial charge < -0.3 is 10.2 Å². The summed E-state index contributed by atoms with van der Waals surface area (Å²) in [5.74, 6) is 0.935. The van der Waals surface area contributed by atoms with Crippen LogP contribution in [0, 0.1) is 11.3 Å². The molecule has 1 aliphatic heterocycles. The number of hydrogen-bond donors (Lipinski definition) is 1. The zero-order chi connectivity index (χ0) is 10.7. The maximum Gasteiger partial charge on any atom is 0.000528 e. The molecule has 1 heterocycles. The Morgan fingerprint density at radius 2 is 1.93 bits per heavy atom. The Bertz CT molecular complexity index is 191. The van der Waals surface area contributed by atoms with Crippen molar-refractivity contribution in [2.24, 2.45) is 11.3 Å². The lowest BCUT2D eigenvalue weighted by molar-refractivity contribution is 0.148.